The van der Waals surface area contributed by atoms with E-state index in [2.05, 4.69) is 0 Å². The normalized spacial score (nSPS) is 10.6. The molecule has 0 aliphatic rings. The van der Waals surface area contributed by atoms with Crippen molar-refractivity contribution in [2.24, 2.45) is 13.0 Å². The van der Waals surface area contributed by atoms with Gasteiger partial charge in [0.15, 0.2) is 0 Å². The van der Waals surface area contributed by atoms with E-state index in [0.29, 0.717) is 6.54 Å². The molecule has 0 bridgehead atoms. The monoisotopic (exact) mass is 280 g/mol. The van der Waals surface area contributed by atoms with Gasteiger partial charge in [-0.05, 0) is 18.1 Å². The predicted octanol–water partition coefficient (Wildman–Crippen LogP) is 0.958. The highest BCUT2D eigenvalue weighted by Crippen LogP contribution is 2.06. The number of amides is 1. The summed E-state index contributed by atoms with van der Waals surface area (Å²) in [5, 5.41) is 8.74. The van der Waals surface area contributed by atoms with Crippen molar-refractivity contribution in [3.63, 3.8) is 0 Å². The molecule has 1 aromatic rings. The highest BCUT2D eigenvalue weighted by molar-refractivity contribution is 5.94. The Labute approximate surface area is 117 Å². The number of carbonyl (C=O) groups excluding carboxylic acids is 1. The van der Waals surface area contributed by atoms with Gasteiger partial charge in [-0.1, -0.05) is 13.8 Å². The second-order valence-corrected chi connectivity index (χ2v) is 5.13. The van der Waals surface area contributed by atoms with E-state index in [1.807, 2.05) is 13.8 Å². The van der Waals surface area contributed by atoms with Gasteiger partial charge in [-0.15, -0.1) is 0 Å². The molecule has 1 heterocycles. The predicted molar refractivity (Wildman–Crippen MR) is 74.7 cm³/mol. The van der Waals surface area contributed by atoms with Gasteiger partial charge in [-0.3, -0.25) is 14.4 Å². The highest BCUT2D eigenvalue weighted by atomic mass is 16.4. The SMILES string of the molecule is CC(C)CN(CCC(=O)O)C(=O)c1cccn(C)c1=O. The van der Waals surface area contributed by atoms with E-state index in [9.17, 15) is 14.4 Å². The fourth-order valence-electron chi connectivity index (χ4n) is 1.88. The van der Waals surface area contributed by atoms with Crippen LogP contribution in [0, 0.1) is 5.92 Å². The van der Waals surface area contributed by atoms with Gasteiger partial charge in [0.1, 0.15) is 5.56 Å². The first-order chi connectivity index (χ1) is 9.32. The first-order valence-electron chi connectivity index (χ1n) is 6.49. The fraction of sp³-hybridized carbons (Fsp3) is 0.500. The second-order valence-electron chi connectivity index (χ2n) is 5.13. The Morgan fingerprint density at radius 1 is 1.40 bits per heavy atom. The van der Waals surface area contributed by atoms with E-state index in [1.54, 1.807) is 19.3 Å². The van der Waals surface area contributed by atoms with Crippen molar-refractivity contribution in [2.75, 3.05) is 13.1 Å². The molecule has 0 fully saturated rings. The summed E-state index contributed by atoms with van der Waals surface area (Å²) < 4.78 is 1.33. The summed E-state index contributed by atoms with van der Waals surface area (Å²) in [7, 11) is 1.57. The van der Waals surface area contributed by atoms with E-state index >= 15 is 0 Å². The van der Waals surface area contributed by atoms with Gasteiger partial charge in [0.2, 0.25) is 0 Å². The van der Waals surface area contributed by atoms with Crippen LogP contribution in [0.3, 0.4) is 0 Å². The maximum Gasteiger partial charge on any atom is 0.305 e. The molecule has 0 unspecified atom stereocenters. The van der Waals surface area contributed by atoms with Crippen molar-refractivity contribution >= 4 is 11.9 Å². The third-order valence-corrected chi connectivity index (χ3v) is 2.82. The molecule has 0 saturated heterocycles. The number of pyridine rings is 1. The van der Waals surface area contributed by atoms with E-state index in [4.69, 9.17) is 5.11 Å². The Bertz CT molecular complexity index is 548. The van der Waals surface area contributed by atoms with Gasteiger partial charge in [0.05, 0.1) is 6.42 Å². The van der Waals surface area contributed by atoms with Crippen LogP contribution in [0.15, 0.2) is 23.1 Å². The Morgan fingerprint density at radius 3 is 2.60 bits per heavy atom. The van der Waals surface area contributed by atoms with Crippen LogP contribution < -0.4 is 5.56 Å². The maximum absolute atomic E-state index is 12.4. The maximum atomic E-state index is 12.4. The number of nitrogens with zero attached hydrogens (tertiary/aromatic N) is 2. The quantitative estimate of drug-likeness (QED) is 0.841. The summed E-state index contributed by atoms with van der Waals surface area (Å²) in [6.07, 6.45) is 1.44. The summed E-state index contributed by atoms with van der Waals surface area (Å²) in [6.45, 7) is 4.39. The molecule has 1 rings (SSSR count). The number of aryl methyl sites for hydroxylation is 1. The lowest BCUT2D eigenvalue weighted by Crippen LogP contribution is -2.39. The molecule has 1 N–H and O–H groups in total. The Kier molecular flexibility index (Phi) is 5.49. The van der Waals surface area contributed by atoms with E-state index in [1.165, 1.54) is 15.5 Å². The Hall–Kier alpha value is -2.11. The summed E-state index contributed by atoms with van der Waals surface area (Å²) in [5.74, 6) is -1.19. The molecule has 0 radical (unpaired) electrons. The molecular formula is C14H20N2O4. The van der Waals surface area contributed by atoms with Crippen molar-refractivity contribution in [1.82, 2.24) is 9.47 Å². The molecule has 20 heavy (non-hydrogen) atoms. The molecule has 0 aliphatic carbocycles. The molecule has 0 aliphatic heterocycles. The lowest BCUT2D eigenvalue weighted by atomic mass is 10.1. The van der Waals surface area contributed by atoms with Gasteiger partial charge in [0, 0.05) is 26.3 Å². The lowest BCUT2D eigenvalue weighted by molar-refractivity contribution is -0.137. The zero-order valence-electron chi connectivity index (χ0n) is 12.0. The van der Waals surface area contributed by atoms with Gasteiger partial charge in [-0.2, -0.15) is 0 Å². The molecule has 0 aromatic carbocycles. The van der Waals surface area contributed by atoms with Crippen LogP contribution >= 0.6 is 0 Å². The molecule has 110 valence electrons. The van der Waals surface area contributed by atoms with Crippen molar-refractivity contribution < 1.29 is 14.7 Å². The molecule has 1 amide bonds. The molecule has 6 nitrogen and oxygen atoms in total. The van der Waals surface area contributed by atoms with E-state index in [-0.39, 0.29) is 30.0 Å². The first-order valence-corrected chi connectivity index (χ1v) is 6.49. The van der Waals surface area contributed by atoms with Crippen molar-refractivity contribution in [2.45, 2.75) is 20.3 Å². The third-order valence-electron chi connectivity index (χ3n) is 2.82. The van der Waals surface area contributed by atoms with Crippen molar-refractivity contribution in [3.8, 4) is 0 Å². The first kappa shape index (κ1) is 15.9. The summed E-state index contributed by atoms with van der Waals surface area (Å²) in [5.41, 5.74) is -0.303. The van der Waals surface area contributed by atoms with Crippen molar-refractivity contribution in [3.05, 3.63) is 34.2 Å². The number of carboxylic acid groups (broad SMARTS) is 1. The zero-order valence-corrected chi connectivity index (χ0v) is 12.0. The van der Waals surface area contributed by atoms with Crippen LogP contribution in [0.25, 0.3) is 0 Å². The van der Waals surface area contributed by atoms with Gasteiger partial charge in [-0.25, -0.2) is 0 Å². The number of aliphatic carboxylic acids is 1. The van der Waals surface area contributed by atoms with E-state index in [0.717, 1.165) is 0 Å². The average Bonchev–Trinajstić information content (AvgIpc) is 2.36. The number of rotatable bonds is 6. The van der Waals surface area contributed by atoms with Crippen molar-refractivity contribution in [1.29, 1.82) is 0 Å². The van der Waals surface area contributed by atoms with Gasteiger partial charge >= 0.3 is 5.97 Å². The van der Waals surface area contributed by atoms with Gasteiger partial charge < -0.3 is 14.6 Å². The van der Waals surface area contributed by atoms with Crippen LogP contribution in [-0.2, 0) is 11.8 Å². The molecule has 0 atom stereocenters. The molecular weight excluding hydrogens is 260 g/mol. The number of carboxylic acids is 1. The van der Waals surface area contributed by atoms with E-state index < -0.39 is 11.9 Å². The van der Waals surface area contributed by atoms with Crippen LogP contribution in [-0.4, -0.2) is 39.5 Å². The minimum absolute atomic E-state index is 0.0704. The number of aromatic nitrogens is 1. The average molecular weight is 280 g/mol. The van der Waals surface area contributed by atoms with Crippen LogP contribution in [0.2, 0.25) is 0 Å². The van der Waals surface area contributed by atoms with Gasteiger partial charge in [0.25, 0.3) is 11.5 Å². The largest absolute Gasteiger partial charge is 0.481 e. The molecule has 0 spiro atoms. The lowest BCUT2D eigenvalue weighted by Gasteiger charge is -2.23. The summed E-state index contributed by atoms with van der Waals surface area (Å²) >= 11 is 0. The fourth-order valence-corrected chi connectivity index (χ4v) is 1.88. The minimum atomic E-state index is -0.965. The van der Waals surface area contributed by atoms with Crippen LogP contribution in [0.1, 0.15) is 30.6 Å². The summed E-state index contributed by atoms with van der Waals surface area (Å²) in [6, 6.07) is 3.10. The minimum Gasteiger partial charge on any atom is -0.481 e. The summed E-state index contributed by atoms with van der Waals surface area (Å²) in [4.78, 5) is 36.4. The number of hydrogen-bond donors (Lipinski definition) is 1. The number of hydrogen-bond acceptors (Lipinski definition) is 3. The van der Waals surface area contributed by atoms with Crippen LogP contribution in [0.5, 0.6) is 0 Å². The highest BCUT2D eigenvalue weighted by Gasteiger charge is 2.20. The van der Waals surface area contributed by atoms with Crippen LogP contribution in [0.4, 0.5) is 0 Å². The third kappa shape index (κ3) is 4.22. The Morgan fingerprint density at radius 2 is 2.05 bits per heavy atom. The standard InChI is InChI=1S/C14H20N2O4/c1-10(2)9-16(8-6-12(17)18)14(20)11-5-4-7-15(3)13(11)19/h4-5,7,10H,6,8-9H2,1-3H3,(H,17,18). The Balaban J connectivity index is 3.00. The zero-order chi connectivity index (χ0) is 15.3. The molecule has 1 aromatic heterocycles. The molecule has 6 heteroatoms. The molecule has 0 saturated carbocycles. The number of carbonyl (C=O) groups is 2. The second kappa shape index (κ2) is 6.88. The topological polar surface area (TPSA) is 79.6 Å². The smallest absolute Gasteiger partial charge is 0.305 e.